The van der Waals surface area contributed by atoms with E-state index in [1.165, 1.54) is 21.8 Å². The Labute approximate surface area is 129 Å². The van der Waals surface area contributed by atoms with Crippen molar-refractivity contribution in [2.45, 2.75) is 13.5 Å². The molecule has 3 heteroatoms. The smallest absolute Gasteiger partial charge is 0.292 e. The fraction of sp³-hybridized carbons (Fsp3) is 0.105. The van der Waals surface area contributed by atoms with E-state index in [2.05, 4.69) is 37.3 Å². The summed E-state index contributed by atoms with van der Waals surface area (Å²) in [5.74, 6) is -0.223. The van der Waals surface area contributed by atoms with E-state index in [1.54, 1.807) is 12.3 Å². The monoisotopic (exact) mass is 291 g/mol. The molecule has 0 amide bonds. The standard InChI is InChI=1S/C19H17NO2/c1-14-4-2-5-17(12-14)16-9-7-15(8-10-16)13-20-11-3-6-18(21)19(20)22/h2-12,21H,13H2,1H3. The number of nitrogens with zero attached hydrogens (tertiary/aromatic N) is 1. The van der Waals surface area contributed by atoms with Gasteiger partial charge in [0.25, 0.3) is 5.56 Å². The molecule has 2 aromatic carbocycles. The average Bonchev–Trinajstić information content (AvgIpc) is 2.53. The molecule has 22 heavy (non-hydrogen) atoms. The molecule has 0 unspecified atom stereocenters. The van der Waals surface area contributed by atoms with E-state index in [0.717, 1.165) is 11.1 Å². The lowest BCUT2D eigenvalue weighted by atomic mass is 10.0. The molecular weight excluding hydrogens is 274 g/mol. The van der Waals surface area contributed by atoms with Gasteiger partial charge >= 0.3 is 0 Å². The number of aromatic nitrogens is 1. The normalized spacial score (nSPS) is 10.6. The maximum atomic E-state index is 11.8. The molecule has 0 saturated heterocycles. The van der Waals surface area contributed by atoms with Crippen molar-refractivity contribution < 1.29 is 5.11 Å². The van der Waals surface area contributed by atoms with Crippen molar-refractivity contribution in [3.63, 3.8) is 0 Å². The third-order valence-electron chi connectivity index (χ3n) is 3.66. The molecule has 0 spiro atoms. The highest BCUT2D eigenvalue weighted by Gasteiger charge is 2.03. The highest BCUT2D eigenvalue weighted by Crippen LogP contribution is 2.21. The second-order valence-electron chi connectivity index (χ2n) is 5.39. The quantitative estimate of drug-likeness (QED) is 0.801. The van der Waals surface area contributed by atoms with E-state index in [1.807, 2.05) is 18.2 Å². The lowest BCUT2D eigenvalue weighted by molar-refractivity contribution is 0.459. The number of pyridine rings is 1. The Morgan fingerprint density at radius 1 is 0.955 bits per heavy atom. The number of benzene rings is 2. The highest BCUT2D eigenvalue weighted by molar-refractivity contribution is 5.64. The fourth-order valence-electron chi connectivity index (χ4n) is 2.47. The van der Waals surface area contributed by atoms with Crippen molar-refractivity contribution >= 4 is 0 Å². The fourth-order valence-corrected chi connectivity index (χ4v) is 2.47. The van der Waals surface area contributed by atoms with Crippen molar-refractivity contribution in [2.75, 3.05) is 0 Å². The van der Waals surface area contributed by atoms with Crippen LogP contribution < -0.4 is 5.56 Å². The summed E-state index contributed by atoms with van der Waals surface area (Å²) in [5, 5.41) is 9.46. The summed E-state index contributed by atoms with van der Waals surface area (Å²) in [6, 6.07) is 19.5. The first-order valence-electron chi connectivity index (χ1n) is 7.18. The molecule has 0 atom stereocenters. The Bertz CT molecular complexity index is 848. The zero-order chi connectivity index (χ0) is 15.5. The molecule has 3 rings (SSSR count). The van der Waals surface area contributed by atoms with E-state index in [-0.39, 0.29) is 11.3 Å². The summed E-state index contributed by atoms with van der Waals surface area (Å²) in [5.41, 5.74) is 4.21. The van der Waals surface area contributed by atoms with Crippen molar-refractivity contribution in [2.24, 2.45) is 0 Å². The van der Waals surface area contributed by atoms with Gasteiger partial charge in [0, 0.05) is 6.20 Å². The van der Waals surface area contributed by atoms with Crippen LogP contribution in [0.15, 0.2) is 71.7 Å². The largest absolute Gasteiger partial charge is 0.503 e. The van der Waals surface area contributed by atoms with Crippen molar-refractivity contribution in [1.82, 2.24) is 4.57 Å². The minimum Gasteiger partial charge on any atom is -0.503 e. The second-order valence-corrected chi connectivity index (χ2v) is 5.39. The number of hydrogen-bond acceptors (Lipinski definition) is 2. The number of hydrogen-bond donors (Lipinski definition) is 1. The molecule has 3 aromatic rings. The van der Waals surface area contributed by atoms with E-state index in [4.69, 9.17) is 0 Å². The van der Waals surface area contributed by atoms with Gasteiger partial charge in [-0.2, -0.15) is 0 Å². The maximum absolute atomic E-state index is 11.8. The summed E-state index contributed by atoms with van der Waals surface area (Å²) in [6.45, 7) is 2.52. The molecule has 0 bridgehead atoms. The van der Waals surface area contributed by atoms with Crippen molar-refractivity contribution in [3.8, 4) is 16.9 Å². The third-order valence-corrected chi connectivity index (χ3v) is 3.66. The highest BCUT2D eigenvalue weighted by atomic mass is 16.3. The summed E-state index contributed by atoms with van der Waals surface area (Å²) >= 11 is 0. The molecular formula is C19H17NO2. The van der Waals surface area contributed by atoms with Crippen LogP contribution in [0, 0.1) is 6.92 Å². The lowest BCUT2D eigenvalue weighted by Gasteiger charge is -2.08. The van der Waals surface area contributed by atoms with Crippen LogP contribution in [0.3, 0.4) is 0 Å². The molecule has 3 nitrogen and oxygen atoms in total. The van der Waals surface area contributed by atoms with Gasteiger partial charge in [-0.1, -0.05) is 54.1 Å². The minimum atomic E-state index is -0.370. The Balaban J connectivity index is 1.86. The third kappa shape index (κ3) is 2.93. The Morgan fingerprint density at radius 3 is 2.45 bits per heavy atom. The Hall–Kier alpha value is -2.81. The first kappa shape index (κ1) is 14.1. The van der Waals surface area contributed by atoms with Crippen LogP contribution in [0.2, 0.25) is 0 Å². The van der Waals surface area contributed by atoms with Gasteiger partial charge in [-0.25, -0.2) is 0 Å². The zero-order valence-corrected chi connectivity index (χ0v) is 12.4. The molecule has 1 heterocycles. The Morgan fingerprint density at radius 2 is 1.73 bits per heavy atom. The molecule has 0 radical (unpaired) electrons. The van der Waals surface area contributed by atoms with E-state index in [0.29, 0.717) is 6.54 Å². The SMILES string of the molecule is Cc1cccc(-c2ccc(Cn3cccc(O)c3=O)cc2)c1. The van der Waals surface area contributed by atoms with Gasteiger partial charge in [0.1, 0.15) is 0 Å². The summed E-state index contributed by atoms with van der Waals surface area (Å²) in [7, 11) is 0. The molecule has 0 aliphatic carbocycles. The van der Waals surface area contributed by atoms with Crippen molar-refractivity contribution in [3.05, 3.63) is 88.3 Å². The molecule has 110 valence electrons. The molecule has 0 aliphatic heterocycles. The molecule has 1 aromatic heterocycles. The predicted octanol–water partition coefficient (Wildman–Crippen LogP) is 3.58. The van der Waals surface area contributed by atoms with Crippen LogP contribution in [0.5, 0.6) is 5.75 Å². The van der Waals surface area contributed by atoms with Crippen LogP contribution in [-0.2, 0) is 6.54 Å². The minimum absolute atomic E-state index is 0.223. The van der Waals surface area contributed by atoms with Crippen LogP contribution in [0.1, 0.15) is 11.1 Å². The van der Waals surface area contributed by atoms with Crippen LogP contribution in [0.25, 0.3) is 11.1 Å². The van der Waals surface area contributed by atoms with Gasteiger partial charge in [-0.05, 0) is 35.7 Å². The van der Waals surface area contributed by atoms with Gasteiger partial charge in [0.2, 0.25) is 0 Å². The first-order chi connectivity index (χ1) is 10.6. The molecule has 1 N–H and O–H groups in total. The van der Waals surface area contributed by atoms with Gasteiger partial charge < -0.3 is 9.67 Å². The van der Waals surface area contributed by atoms with Crippen LogP contribution >= 0.6 is 0 Å². The van der Waals surface area contributed by atoms with E-state index in [9.17, 15) is 9.90 Å². The van der Waals surface area contributed by atoms with Gasteiger partial charge in [-0.3, -0.25) is 4.79 Å². The van der Waals surface area contributed by atoms with Gasteiger partial charge in [-0.15, -0.1) is 0 Å². The van der Waals surface area contributed by atoms with E-state index >= 15 is 0 Å². The molecule has 0 fully saturated rings. The van der Waals surface area contributed by atoms with Crippen LogP contribution in [0.4, 0.5) is 0 Å². The van der Waals surface area contributed by atoms with E-state index < -0.39 is 0 Å². The number of rotatable bonds is 3. The van der Waals surface area contributed by atoms with Gasteiger partial charge in [0.05, 0.1) is 6.54 Å². The van der Waals surface area contributed by atoms with Crippen LogP contribution in [-0.4, -0.2) is 9.67 Å². The summed E-state index contributed by atoms with van der Waals surface area (Å²) in [6.07, 6.45) is 1.68. The average molecular weight is 291 g/mol. The van der Waals surface area contributed by atoms with Gasteiger partial charge in [0.15, 0.2) is 5.75 Å². The Kier molecular flexibility index (Phi) is 3.79. The topological polar surface area (TPSA) is 42.2 Å². The maximum Gasteiger partial charge on any atom is 0.292 e. The van der Waals surface area contributed by atoms with Crippen molar-refractivity contribution in [1.29, 1.82) is 0 Å². The second kappa shape index (κ2) is 5.90. The number of aryl methyl sites for hydroxylation is 1. The summed E-state index contributed by atoms with van der Waals surface area (Å²) < 4.78 is 1.50. The molecule has 0 aliphatic rings. The molecule has 0 saturated carbocycles. The number of aromatic hydroxyl groups is 1. The zero-order valence-electron chi connectivity index (χ0n) is 12.4. The predicted molar refractivity (Wildman–Crippen MR) is 88.1 cm³/mol. The summed E-state index contributed by atoms with van der Waals surface area (Å²) in [4.78, 5) is 11.8. The lowest BCUT2D eigenvalue weighted by Crippen LogP contribution is -2.18. The first-order valence-corrected chi connectivity index (χ1v) is 7.18.